The Morgan fingerprint density at radius 2 is 2.11 bits per heavy atom. The highest BCUT2D eigenvalue weighted by Gasteiger charge is 2.30. The molecular weight excluding hydrogens is 266 g/mol. The summed E-state index contributed by atoms with van der Waals surface area (Å²) in [4.78, 5) is 22.1. The van der Waals surface area contributed by atoms with Gasteiger partial charge in [-0.15, -0.1) is 10.2 Å². The minimum atomic E-state index is -0.300. The van der Waals surface area contributed by atoms with Gasteiger partial charge in [-0.3, -0.25) is 20.4 Å². The minimum absolute atomic E-state index is 0.197. The van der Waals surface area contributed by atoms with Crippen LogP contribution in [0.5, 0.6) is 0 Å². The van der Waals surface area contributed by atoms with Crippen molar-refractivity contribution >= 4 is 23.6 Å². The van der Waals surface area contributed by atoms with Crippen LogP contribution in [-0.4, -0.2) is 32.3 Å². The van der Waals surface area contributed by atoms with E-state index < -0.39 is 0 Å². The third-order valence-electron chi connectivity index (χ3n) is 2.71. The lowest BCUT2D eigenvalue weighted by atomic mass is 10.4. The second-order valence-corrected chi connectivity index (χ2v) is 5.32. The van der Waals surface area contributed by atoms with Crippen molar-refractivity contribution in [2.24, 2.45) is 0 Å². The summed E-state index contributed by atoms with van der Waals surface area (Å²) in [5.74, 6) is 1.19. The van der Waals surface area contributed by atoms with Crippen LogP contribution < -0.4 is 10.9 Å². The summed E-state index contributed by atoms with van der Waals surface area (Å²) in [5.41, 5.74) is 4.56. The van der Waals surface area contributed by atoms with Gasteiger partial charge in [0.1, 0.15) is 5.82 Å². The molecule has 2 rings (SSSR count). The summed E-state index contributed by atoms with van der Waals surface area (Å²) >= 11 is 1.32. The molecule has 8 heteroatoms. The van der Waals surface area contributed by atoms with Crippen LogP contribution in [0.15, 0.2) is 5.16 Å². The molecule has 7 nitrogen and oxygen atoms in total. The van der Waals surface area contributed by atoms with E-state index in [2.05, 4.69) is 21.0 Å². The van der Waals surface area contributed by atoms with Crippen LogP contribution in [0.1, 0.15) is 38.4 Å². The van der Waals surface area contributed by atoms with Gasteiger partial charge in [0.25, 0.3) is 0 Å². The third kappa shape index (κ3) is 3.69. The molecule has 1 saturated carbocycles. The average Bonchev–Trinajstić information content (AvgIpc) is 3.14. The number of thioether (sulfide) groups is 1. The molecule has 19 heavy (non-hydrogen) atoms. The molecule has 2 amide bonds. The van der Waals surface area contributed by atoms with Gasteiger partial charge in [0, 0.05) is 19.4 Å². The van der Waals surface area contributed by atoms with Gasteiger partial charge in [-0.1, -0.05) is 11.8 Å². The molecule has 1 fully saturated rings. The van der Waals surface area contributed by atoms with Crippen molar-refractivity contribution in [1.82, 2.24) is 25.6 Å². The predicted molar refractivity (Wildman–Crippen MR) is 70.4 cm³/mol. The first-order valence-electron chi connectivity index (χ1n) is 6.23. The second-order valence-electron chi connectivity index (χ2n) is 4.38. The third-order valence-corrected chi connectivity index (χ3v) is 3.68. The Kier molecular flexibility index (Phi) is 4.41. The lowest BCUT2D eigenvalue weighted by Crippen LogP contribution is -2.41. The molecule has 1 aliphatic carbocycles. The molecule has 0 radical (unpaired) electrons. The Bertz CT molecular complexity index is 483. The van der Waals surface area contributed by atoms with Crippen molar-refractivity contribution in [1.29, 1.82) is 0 Å². The molecule has 1 aliphatic rings. The molecule has 1 aromatic rings. The Morgan fingerprint density at radius 1 is 1.37 bits per heavy atom. The number of aromatic nitrogens is 3. The number of nitrogens with one attached hydrogen (secondary N) is 2. The first-order valence-corrected chi connectivity index (χ1v) is 7.21. The minimum Gasteiger partial charge on any atom is -0.306 e. The van der Waals surface area contributed by atoms with Crippen LogP contribution in [0.3, 0.4) is 0 Å². The number of carbonyl (C=O) groups excluding carboxylic acids is 2. The Morgan fingerprint density at radius 3 is 2.68 bits per heavy atom. The van der Waals surface area contributed by atoms with E-state index in [9.17, 15) is 9.59 Å². The molecular formula is C11H17N5O2S. The summed E-state index contributed by atoms with van der Waals surface area (Å²) in [6, 6.07) is 0. The van der Waals surface area contributed by atoms with Gasteiger partial charge >= 0.3 is 0 Å². The molecule has 2 N–H and O–H groups in total. The van der Waals surface area contributed by atoms with Gasteiger partial charge in [0.15, 0.2) is 5.16 Å². The highest BCUT2D eigenvalue weighted by atomic mass is 32.2. The number of hydrogen-bond acceptors (Lipinski definition) is 5. The lowest BCUT2D eigenvalue weighted by molar-refractivity contribution is -0.126. The standard InChI is InChI=1S/C11H17N5O2S/c1-3-16-10(8-4-5-8)14-15-11(16)19-6-9(18)13-12-7(2)17/h8H,3-6H2,1-2H3,(H,12,17)(H,13,18). The van der Waals surface area contributed by atoms with E-state index in [1.807, 2.05) is 11.5 Å². The first kappa shape index (κ1) is 13.9. The molecule has 104 valence electrons. The van der Waals surface area contributed by atoms with Crippen LogP contribution in [0.25, 0.3) is 0 Å². The monoisotopic (exact) mass is 283 g/mol. The van der Waals surface area contributed by atoms with Crippen LogP contribution in [0, 0.1) is 0 Å². The number of nitrogens with zero attached hydrogens (tertiary/aromatic N) is 3. The van der Waals surface area contributed by atoms with Crippen molar-refractivity contribution in [2.45, 2.75) is 44.3 Å². The summed E-state index contributed by atoms with van der Waals surface area (Å²) in [7, 11) is 0. The normalized spacial score (nSPS) is 14.2. The van der Waals surface area contributed by atoms with Gasteiger partial charge in [0.05, 0.1) is 5.75 Å². The van der Waals surface area contributed by atoms with Crippen LogP contribution in [0.2, 0.25) is 0 Å². The van der Waals surface area contributed by atoms with Crippen molar-refractivity contribution in [2.75, 3.05) is 5.75 Å². The lowest BCUT2D eigenvalue weighted by Gasteiger charge is -2.07. The topological polar surface area (TPSA) is 88.9 Å². The van der Waals surface area contributed by atoms with Crippen LogP contribution >= 0.6 is 11.8 Å². The number of hydrogen-bond donors (Lipinski definition) is 2. The van der Waals surface area contributed by atoms with Crippen molar-refractivity contribution in [3.8, 4) is 0 Å². The molecule has 0 atom stereocenters. The van der Waals surface area contributed by atoms with E-state index in [0.717, 1.165) is 17.5 Å². The van der Waals surface area contributed by atoms with E-state index in [0.29, 0.717) is 5.92 Å². The number of amides is 2. The molecule has 0 unspecified atom stereocenters. The fraction of sp³-hybridized carbons (Fsp3) is 0.636. The average molecular weight is 283 g/mol. The Balaban J connectivity index is 1.88. The molecule has 0 bridgehead atoms. The molecule has 0 aromatic carbocycles. The maximum atomic E-state index is 11.5. The largest absolute Gasteiger partial charge is 0.306 e. The summed E-state index contributed by atoms with van der Waals surface area (Å²) in [5, 5.41) is 9.07. The van der Waals surface area contributed by atoms with E-state index in [-0.39, 0.29) is 17.6 Å². The zero-order valence-electron chi connectivity index (χ0n) is 11.0. The van der Waals surface area contributed by atoms with Crippen molar-refractivity contribution < 1.29 is 9.59 Å². The van der Waals surface area contributed by atoms with Crippen LogP contribution in [0.4, 0.5) is 0 Å². The molecule has 1 heterocycles. The zero-order valence-corrected chi connectivity index (χ0v) is 11.8. The number of carbonyl (C=O) groups is 2. The maximum Gasteiger partial charge on any atom is 0.248 e. The number of hydrazine groups is 1. The molecule has 0 spiro atoms. The quantitative estimate of drug-likeness (QED) is 0.604. The van der Waals surface area contributed by atoms with Gasteiger partial charge in [0.2, 0.25) is 11.8 Å². The van der Waals surface area contributed by atoms with Crippen molar-refractivity contribution in [3.05, 3.63) is 5.82 Å². The van der Waals surface area contributed by atoms with Gasteiger partial charge < -0.3 is 4.57 Å². The van der Waals surface area contributed by atoms with E-state index in [1.165, 1.54) is 31.5 Å². The highest BCUT2D eigenvalue weighted by molar-refractivity contribution is 7.99. The fourth-order valence-electron chi connectivity index (χ4n) is 1.67. The summed E-state index contributed by atoms with van der Waals surface area (Å²) in [6.45, 7) is 4.17. The molecule has 1 aromatic heterocycles. The van der Waals surface area contributed by atoms with E-state index in [4.69, 9.17) is 0 Å². The predicted octanol–water partition coefficient (Wildman–Crippen LogP) is 0.435. The van der Waals surface area contributed by atoms with Crippen molar-refractivity contribution in [3.63, 3.8) is 0 Å². The number of rotatable bonds is 5. The van der Waals surface area contributed by atoms with E-state index >= 15 is 0 Å². The SMILES string of the molecule is CCn1c(SCC(=O)NNC(C)=O)nnc1C1CC1. The zero-order chi connectivity index (χ0) is 13.8. The van der Waals surface area contributed by atoms with Gasteiger partial charge in [-0.2, -0.15) is 0 Å². The fourth-order valence-corrected chi connectivity index (χ4v) is 2.48. The Labute approximate surface area is 115 Å². The summed E-state index contributed by atoms with van der Waals surface area (Å²) in [6.07, 6.45) is 2.34. The van der Waals surface area contributed by atoms with Crippen LogP contribution in [-0.2, 0) is 16.1 Å². The maximum absolute atomic E-state index is 11.5. The molecule has 0 aliphatic heterocycles. The second kappa shape index (κ2) is 6.05. The van der Waals surface area contributed by atoms with Gasteiger partial charge in [-0.25, -0.2) is 0 Å². The smallest absolute Gasteiger partial charge is 0.248 e. The Hall–Kier alpha value is -1.57. The molecule has 0 saturated heterocycles. The summed E-state index contributed by atoms with van der Waals surface area (Å²) < 4.78 is 2.05. The van der Waals surface area contributed by atoms with E-state index in [1.54, 1.807) is 0 Å². The first-order chi connectivity index (χ1) is 9.11. The van der Waals surface area contributed by atoms with Gasteiger partial charge in [-0.05, 0) is 19.8 Å². The highest BCUT2D eigenvalue weighted by Crippen LogP contribution is 2.39.